The molecule has 3 heterocycles. The average molecular weight is 571 g/mol. The highest BCUT2D eigenvalue weighted by Crippen LogP contribution is 2.59. The number of carboxylic acids is 1. The number of ether oxygens (including phenoxy) is 3. The Hall–Kier alpha value is -3.82. The lowest BCUT2D eigenvalue weighted by molar-refractivity contribution is -0.166. The van der Waals surface area contributed by atoms with Crippen molar-refractivity contribution in [3.63, 3.8) is 0 Å². The summed E-state index contributed by atoms with van der Waals surface area (Å²) < 4.78 is 28.5. The molecule has 0 saturated heterocycles. The summed E-state index contributed by atoms with van der Waals surface area (Å²) in [6.45, 7) is 11.2. The van der Waals surface area contributed by atoms with Gasteiger partial charge in [-0.3, -0.25) is 14.4 Å². The van der Waals surface area contributed by atoms with Crippen LogP contribution in [0.15, 0.2) is 39.6 Å². The van der Waals surface area contributed by atoms with Gasteiger partial charge in [-0.2, -0.15) is 0 Å². The van der Waals surface area contributed by atoms with Gasteiger partial charge in [0.25, 0.3) is 0 Å². The number of hydrogen-bond donors (Lipinski definition) is 1. The number of carboxylic acid groups (broad SMARTS) is 1. The molecule has 4 rings (SSSR count). The zero-order chi connectivity index (χ0) is 30.3. The number of fused-ring (bicyclic) bond motifs is 1. The van der Waals surface area contributed by atoms with Crippen LogP contribution in [0, 0.1) is 22.7 Å². The van der Waals surface area contributed by atoms with Crippen LogP contribution >= 0.6 is 0 Å². The first-order valence-corrected chi connectivity index (χ1v) is 13.8. The van der Waals surface area contributed by atoms with Crippen molar-refractivity contribution in [3.05, 3.63) is 53.4 Å². The summed E-state index contributed by atoms with van der Waals surface area (Å²) in [5.74, 6) is -2.44. The van der Waals surface area contributed by atoms with Crippen LogP contribution in [0.4, 0.5) is 0 Å². The zero-order valence-electron chi connectivity index (χ0n) is 24.5. The lowest BCUT2D eigenvalue weighted by Crippen LogP contribution is -2.42. The fourth-order valence-electron chi connectivity index (χ4n) is 6.25. The third kappa shape index (κ3) is 5.56. The maximum Gasteiger partial charge on any atom is 0.331 e. The van der Waals surface area contributed by atoms with Gasteiger partial charge in [-0.25, -0.2) is 4.79 Å². The molecule has 0 aromatic carbocycles. The number of carbonyl (C=O) groups is 4. The molecule has 0 unspecified atom stereocenters. The minimum absolute atomic E-state index is 0.0871. The van der Waals surface area contributed by atoms with Crippen molar-refractivity contribution in [2.24, 2.45) is 22.7 Å². The van der Waals surface area contributed by atoms with Crippen LogP contribution in [0.1, 0.15) is 102 Å². The van der Waals surface area contributed by atoms with Crippen LogP contribution in [0.5, 0.6) is 0 Å². The normalized spacial score (nSPS) is 27.0. The molecule has 41 heavy (non-hydrogen) atoms. The molecule has 222 valence electrons. The Kier molecular flexibility index (Phi) is 8.25. The molecule has 5 atom stereocenters. The molecule has 0 saturated carbocycles. The molecule has 0 radical (unpaired) electrons. The molecule has 2 aromatic rings. The van der Waals surface area contributed by atoms with Gasteiger partial charge in [0.05, 0.1) is 25.6 Å². The van der Waals surface area contributed by atoms with Crippen LogP contribution < -0.4 is 0 Å². The van der Waals surface area contributed by atoms with Crippen molar-refractivity contribution in [2.75, 3.05) is 7.11 Å². The van der Waals surface area contributed by atoms with Gasteiger partial charge in [0.2, 0.25) is 0 Å². The minimum Gasteiger partial charge on any atom is -0.481 e. The first kappa shape index (κ1) is 30.1. The fourth-order valence-corrected chi connectivity index (χ4v) is 6.25. The van der Waals surface area contributed by atoms with Gasteiger partial charge >= 0.3 is 23.9 Å². The lowest BCUT2D eigenvalue weighted by atomic mass is 9.61. The Balaban J connectivity index is 1.88. The molecule has 1 aliphatic carbocycles. The van der Waals surface area contributed by atoms with Crippen LogP contribution in [0.25, 0.3) is 5.57 Å². The van der Waals surface area contributed by atoms with Gasteiger partial charge in [-0.15, -0.1) is 0 Å². The molecule has 10 nitrogen and oxygen atoms in total. The van der Waals surface area contributed by atoms with Crippen LogP contribution in [-0.2, 0) is 33.4 Å². The van der Waals surface area contributed by atoms with E-state index in [2.05, 4.69) is 0 Å². The van der Waals surface area contributed by atoms with E-state index in [0.29, 0.717) is 28.2 Å². The van der Waals surface area contributed by atoms with Crippen molar-refractivity contribution in [2.45, 2.75) is 78.9 Å². The Bertz CT molecular complexity index is 1340. The van der Waals surface area contributed by atoms with Crippen molar-refractivity contribution >= 4 is 29.5 Å². The van der Waals surface area contributed by atoms with E-state index in [0.717, 1.165) is 0 Å². The number of esters is 3. The molecule has 2 aliphatic rings. The van der Waals surface area contributed by atoms with Gasteiger partial charge in [0, 0.05) is 52.4 Å². The van der Waals surface area contributed by atoms with Gasteiger partial charge < -0.3 is 28.2 Å². The quantitative estimate of drug-likeness (QED) is 0.282. The van der Waals surface area contributed by atoms with Gasteiger partial charge in [0.15, 0.2) is 0 Å². The van der Waals surface area contributed by atoms with Crippen molar-refractivity contribution < 1.29 is 47.3 Å². The van der Waals surface area contributed by atoms with E-state index in [1.165, 1.54) is 25.7 Å². The second kappa shape index (κ2) is 11.2. The van der Waals surface area contributed by atoms with E-state index in [1.807, 2.05) is 27.7 Å². The van der Waals surface area contributed by atoms with Crippen molar-refractivity contribution in [1.29, 1.82) is 0 Å². The minimum atomic E-state index is -0.995. The fraction of sp³-hybridized carbons (Fsp3) is 0.548. The number of furan rings is 2. The molecular formula is C31H38O10. The predicted octanol–water partition coefficient (Wildman–Crippen LogP) is 5.99. The van der Waals surface area contributed by atoms with Gasteiger partial charge in [-0.1, -0.05) is 41.5 Å². The second-order valence-electron chi connectivity index (χ2n) is 12.1. The summed E-state index contributed by atoms with van der Waals surface area (Å²) in [4.78, 5) is 49.8. The molecule has 2 aromatic heterocycles. The number of methoxy groups -OCH3 is 1. The molecule has 1 N–H and O–H groups in total. The summed E-state index contributed by atoms with van der Waals surface area (Å²) in [7, 11) is 1.33. The molecule has 0 spiro atoms. The highest BCUT2D eigenvalue weighted by Gasteiger charge is 2.53. The van der Waals surface area contributed by atoms with Crippen LogP contribution in [0.2, 0.25) is 0 Å². The standard InChI is InChI=1S/C31H38O10/c1-16(2)29(36)41-28-19-12-22(39-26(19)17(3)20(30(28,4)5)13-24(34)37-7)21-14-25(35)40-27(18-9-11-38-15-18)31(21,6)10-8-23(32)33/h9,11-12,14-17,20,27-28H,8,10,13H2,1-7H3,(H,32,33)/t17-,20-,27+,28+,31-/m1/s1. The summed E-state index contributed by atoms with van der Waals surface area (Å²) in [6.07, 6.45) is 2.73. The maximum atomic E-state index is 12.9. The Labute approximate surface area is 239 Å². The number of hydrogen-bond acceptors (Lipinski definition) is 9. The van der Waals surface area contributed by atoms with Gasteiger partial charge in [-0.05, 0) is 24.5 Å². The smallest absolute Gasteiger partial charge is 0.331 e. The van der Waals surface area contributed by atoms with Crippen molar-refractivity contribution in [1.82, 2.24) is 0 Å². The number of rotatable bonds is 9. The molecule has 0 amide bonds. The number of cyclic esters (lactones) is 1. The summed E-state index contributed by atoms with van der Waals surface area (Å²) in [5, 5.41) is 9.54. The summed E-state index contributed by atoms with van der Waals surface area (Å²) >= 11 is 0. The number of carbonyl (C=O) groups excluding carboxylic acids is 3. The first-order chi connectivity index (χ1) is 19.2. The SMILES string of the molecule is COC(=O)C[C@@H]1[C@@H](C)c2oc(C3=CC(=O)O[C@@H](c4ccoc4)[C@]3(C)CCC(=O)O)cc2[C@H](OC(=O)C(C)C)C1(C)C. The third-order valence-corrected chi connectivity index (χ3v) is 8.70. The molecular weight excluding hydrogens is 532 g/mol. The highest BCUT2D eigenvalue weighted by molar-refractivity contribution is 5.94. The van der Waals surface area contributed by atoms with E-state index in [4.69, 9.17) is 23.0 Å². The highest BCUT2D eigenvalue weighted by atomic mass is 16.6. The van der Waals surface area contributed by atoms with Crippen molar-refractivity contribution in [3.8, 4) is 0 Å². The Morgan fingerprint density at radius 2 is 1.88 bits per heavy atom. The van der Waals surface area contributed by atoms with Crippen LogP contribution in [-0.4, -0.2) is 36.1 Å². The Morgan fingerprint density at radius 1 is 1.17 bits per heavy atom. The molecule has 0 bridgehead atoms. The van der Waals surface area contributed by atoms with E-state index in [1.54, 1.807) is 26.0 Å². The third-order valence-electron chi connectivity index (χ3n) is 8.70. The summed E-state index contributed by atoms with van der Waals surface area (Å²) in [6, 6.07) is 3.45. The molecule has 1 aliphatic heterocycles. The van der Waals surface area contributed by atoms with Crippen LogP contribution in [0.3, 0.4) is 0 Å². The average Bonchev–Trinajstić information content (AvgIpc) is 3.59. The Morgan fingerprint density at radius 3 is 2.46 bits per heavy atom. The van der Waals surface area contributed by atoms with E-state index in [-0.39, 0.29) is 43.0 Å². The molecule has 0 fully saturated rings. The van der Waals surface area contributed by atoms with E-state index in [9.17, 15) is 24.3 Å². The second-order valence-corrected chi connectivity index (χ2v) is 12.1. The van der Waals surface area contributed by atoms with E-state index >= 15 is 0 Å². The monoisotopic (exact) mass is 570 g/mol. The number of aliphatic carboxylic acids is 1. The lowest BCUT2D eigenvalue weighted by Gasteiger charge is -2.46. The largest absolute Gasteiger partial charge is 0.481 e. The predicted molar refractivity (Wildman–Crippen MR) is 145 cm³/mol. The first-order valence-electron chi connectivity index (χ1n) is 13.8. The summed E-state index contributed by atoms with van der Waals surface area (Å²) in [5.41, 5.74) is 0.0275. The zero-order valence-corrected chi connectivity index (χ0v) is 24.5. The van der Waals surface area contributed by atoms with E-state index < -0.39 is 40.9 Å². The molecule has 10 heteroatoms. The van der Waals surface area contributed by atoms with Gasteiger partial charge in [0.1, 0.15) is 23.7 Å². The topological polar surface area (TPSA) is 142 Å². The maximum absolute atomic E-state index is 12.9.